The van der Waals surface area contributed by atoms with Crippen molar-refractivity contribution in [1.29, 1.82) is 5.41 Å². The van der Waals surface area contributed by atoms with Crippen LogP contribution in [0.15, 0.2) is 82.4 Å². The molecule has 0 aliphatic carbocycles. The molecule has 0 saturated heterocycles. The van der Waals surface area contributed by atoms with Crippen LogP contribution in [0.4, 0.5) is 0 Å². The van der Waals surface area contributed by atoms with Crippen LogP contribution >= 0.6 is 35.0 Å². The summed E-state index contributed by atoms with van der Waals surface area (Å²) in [4.78, 5) is 17.0. The Morgan fingerprint density at radius 2 is 1.79 bits per heavy atom. The number of hydrogen-bond acceptors (Lipinski definition) is 7. The van der Waals surface area contributed by atoms with E-state index in [9.17, 15) is 4.79 Å². The number of nitrogens with one attached hydrogen (secondary N) is 1. The predicted molar refractivity (Wildman–Crippen MR) is 155 cm³/mol. The maximum Gasteiger partial charge on any atom is 0.283 e. The summed E-state index contributed by atoms with van der Waals surface area (Å²) >= 11 is 13.4. The van der Waals surface area contributed by atoms with Crippen LogP contribution in [0.5, 0.6) is 17.2 Å². The van der Waals surface area contributed by atoms with Gasteiger partial charge in [-0.25, -0.2) is 0 Å². The number of benzene rings is 3. The Hall–Kier alpha value is -3.79. The molecule has 2 heterocycles. The fraction of sp³-hybridized carbons (Fsp3) is 0.143. The minimum Gasteiger partial charge on any atom is -0.490 e. The van der Waals surface area contributed by atoms with Gasteiger partial charge in [0.2, 0.25) is 5.17 Å². The summed E-state index contributed by atoms with van der Waals surface area (Å²) in [5.41, 5.74) is 1.53. The number of amidine groups is 2. The van der Waals surface area contributed by atoms with Gasteiger partial charge in [-0.1, -0.05) is 53.5 Å². The van der Waals surface area contributed by atoms with Crippen molar-refractivity contribution in [3.05, 3.63) is 93.5 Å². The molecule has 5 rings (SSSR count). The van der Waals surface area contributed by atoms with Gasteiger partial charge in [-0.05, 0) is 66.7 Å². The number of amides is 1. The van der Waals surface area contributed by atoms with E-state index in [2.05, 4.69) is 10.1 Å². The third kappa shape index (κ3) is 6.27. The average molecular weight is 581 g/mol. The second-order valence-corrected chi connectivity index (χ2v) is 10.2. The highest BCUT2D eigenvalue weighted by Gasteiger charge is 2.35. The third-order valence-corrected chi connectivity index (χ3v) is 7.05. The van der Waals surface area contributed by atoms with Crippen molar-refractivity contribution in [2.75, 3.05) is 13.2 Å². The summed E-state index contributed by atoms with van der Waals surface area (Å²) in [5, 5.41) is 16.4. The normalized spacial score (nSPS) is 15.7. The van der Waals surface area contributed by atoms with Crippen LogP contribution in [0.25, 0.3) is 6.08 Å². The van der Waals surface area contributed by atoms with Crippen molar-refractivity contribution in [2.24, 2.45) is 10.1 Å². The number of hydrazone groups is 1. The van der Waals surface area contributed by atoms with Crippen molar-refractivity contribution in [2.45, 2.75) is 13.5 Å². The predicted octanol–water partition coefficient (Wildman–Crippen LogP) is 6.67. The summed E-state index contributed by atoms with van der Waals surface area (Å²) in [6, 6.07) is 19.8. The van der Waals surface area contributed by atoms with Crippen LogP contribution in [0.3, 0.4) is 0 Å². The largest absolute Gasteiger partial charge is 0.490 e. The van der Waals surface area contributed by atoms with Gasteiger partial charge in [-0.15, -0.1) is 0 Å². The molecule has 1 amide bonds. The lowest BCUT2D eigenvalue weighted by atomic mass is 10.1. The number of aliphatic imine (C=N–C) groups is 1. The highest BCUT2D eigenvalue weighted by molar-refractivity contribution is 8.27. The number of thioether (sulfide) groups is 1. The fourth-order valence-electron chi connectivity index (χ4n) is 3.71. The van der Waals surface area contributed by atoms with E-state index >= 15 is 0 Å². The molecule has 1 N–H and O–H groups in total. The van der Waals surface area contributed by atoms with Crippen LogP contribution in [-0.2, 0) is 11.4 Å². The molecule has 2 aliphatic rings. The van der Waals surface area contributed by atoms with E-state index in [1.165, 1.54) is 16.8 Å². The number of para-hydroxylation sites is 1. The Balaban J connectivity index is 1.32. The van der Waals surface area contributed by atoms with E-state index in [1.54, 1.807) is 42.5 Å². The molecule has 39 heavy (non-hydrogen) atoms. The zero-order chi connectivity index (χ0) is 27.4. The first kappa shape index (κ1) is 26.8. The third-order valence-electron chi connectivity index (χ3n) is 5.58. The van der Waals surface area contributed by atoms with E-state index in [-0.39, 0.29) is 24.6 Å². The summed E-state index contributed by atoms with van der Waals surface area (Å²) < 4.78 is 17.5. The van der Waals surface area contributed by atoms with Crippen molar-refractivity contribution in [1.82, 2.24) is 5.01 Å². The van der Waals surface area contributed by atoms with Crippen LogP contribution in [-0.4, -0.2) is 40.2 Å². The number of carbonyl (C=O) groups excluding carboxylic acids is 1. The Kier molecular flexibility index (Phi) is 8.21. The first-order valence-electron chi connectivity index (χ1n) is 11.9. The maximum atomic E-state index is 12.8. The van der Waals surface area contributed by atoms with E-state index in [1.807, 2.05) is 37.3 Å². The van der Waals surface area contributed by atoms with Crippen molar-refractivity contribution in [3.8, 4) is 17.2 Å². The lowest BCUT2D eigenvalue weighted by Gasteiger charge is -2.20. The van der Waals surface area contributed by atoms with Gasteiger partial charge in [0.05, 0.1) is 12.2 Å². The minimum absolute atomic E-state index is 0.0668. The topological polar surface area (TPSA) is 96.6 Å². The molecule has 2 aliphatic heterocycles. The zero-order valence-corrected chi connectivity index (χ0v) is 23.0. The summed E-state index contributed by atoms with van der Waals surface area (Å²) in [7, 11) is 0. The van der Waals surface area contributed by atoms with E-state index in [4.69, 9.17) is 42.8 Å². The number of hydrogen-bond donors (Lipinski definition) is 1. The molecular weight excluding hydrogens is 559 g/mol. The number of rotatable bonds is 9. The lowest BCUT2D eigenvalue weighted by molar-refractivity contribution is -0.114. The number of fused-ring (bicyclic) bond motifs is 1. The molecule has 11 heteroatoms. The standard InChI is InChI=1S/C28H22Cl2N4O4S/c1-2-36-24-13-17(8-11-23(24)38-15-18-9-10-19(29)14-22(18)30)12-21-26(31)34-28(32-27(21)35)39-25(33-34)16-37-20-6-4-3-5-7-20/h3-14,31H,2,15-16H2,1H3. The van der Waals surface area contributed by atoms with E-state index in [0.717, 1.165) is 5.56 Å². The summed E-state index contributed by atoms with van der Waals surface area (Å²) in [6.07, 6.45) is 1.59. The number of nitrogens with zero attached hydrogens (tertiary/aromatic N) is 3. The molecule has 0 fully saturated rings. The summed E-state index contributed by atoms with van der Waals surface area (Å²) in [5.74, 6) is 1.12. The lowest BCUT2D eigenvalue weighted by Crippen LogP contribution is -2.35. The smallest absolute Gasteiger partial charge is 0.283 e. The molecule has 0 radical (unpaired) electrons. The molecule has 0 saturated carbocycles. The van der Waals surface area contributed by atoms with Crippen LogP contribution in [0.1, 0.15) is 18.1 Å². The Bertz CT molecular complexity index is 1530. The van der Waals surface area contributed by atoms with Crippen molar-refractivity contribution < 1.29 is 19.0 Å². The van der Waals surface area contributed by atoms with Crippen LogP contribution < -0.4 is 14.2 Å². The quantitative estimate of drug-likeness (QED) is 0.284. The van der Waals surface area contributed by atoms with Crippen molar-refractivity contribution >= 4 is 63.0 Å². The SMILES string of the molecule is CCOc1cc(C=C2C(=N)N3N=C(COc4ccccc4)SC3=NC2=O)ccc1OCc1ccc(Cl)cc1Cl. The summed E-state index contributed by atoms with van der Waals surface area (Å²) in [6.45, 7) is 2.70. The zero-order valence-electron chi connectivity index (χ0n) is 20.7. The van der Waals surface area contributed by atoms with Crippen molar-refractivity contribution in [3.63, 3.8) is 0 Å². The first-order valence-corrected chi connectivity index (χ1v) is 13.5. The van der Waals surface area contributed by atoms with Gasteiger partial charge in [0.1, 0.15) is 24.0 Å². The Labute approximate surface area is 239 Å². The van der Waals surface area contributed by atoms with Crippen LogP contribution in [0.2, 0.25) is 10.0 Å². The van der Waals surface area contributed by atoms with Gasteiger partial charge >= 0.3 is 0 Å². The van der Waals surface area contributed by atoms with E-state index < -0.39 is 5.91 Å². The molecule has 8 nitrogen and oxygen atoms in total. The highest BCUT2D eigenvalue weighted by atomic mass is 35.5. The molecule has 0 bridgehead atoms. The maximum absolute atomic E-state index is 12.8. The molecule has 0 unspecified atom stereocenters. The highest BCUT2D eigenvalue weighted by Crippen LogP contribution is 2.33. The van der Waals surface area contributed by atoms with Gasteiger partial charge in [0.15, 0.2) is 17.3 Å². The monoisotopic (exact) mass is 580 g/mol. The number of halogens is 2. The molecule has 3 aromatic carbocycles. The first-order chi connectivity index (χ1) is 18.9. The Morgan fingerprint density at radius 3 is 2.56 bits per heavy atom. The molecular formula is C28H22Cl2N4O4S. The molecule has 0 spiro atoms. The molecule has 0 atom stereocenters. The average Bonchev–Trinajstić information content (AvgIpc) is 3.34. The minimum atomic E-state index is -0.519. The molecule has 3 aromatic rings. The van der Waals surface area contributed by atoms with Gasteiger partial charge in [-0.3, -0.25) is 10.2 Å². The number of ether oxygens (including phenoxy) is 3. The number of carbonyl (C=O) groups is 1. The second kappa shape index (κ2) is 11.9. The van der Waals surface area contributed by atoms with E-state index in [0.29, 0.717) is 49.7 Å². The molecule has 0 aromatic heterocycles. The van der Waals surface area contributed by atoms with Gasteiger partial charge in [-0.2, -0.15) is 15.1 Å². The van der Waals surface area contributed by atoms with Gasteiger partial charge < -0.3 is 14.2 Å². The molecule has 198 valence electrons. The fourth-order valence-corrected chi connectivity index (χ4v) is 4.98. The Morgan fingerprint density at radius 1 is 0.974 bits per heavy atom. The van der Waals surface area contributed by atoms with Gasteiger partial charge in [0, 0.05) is 15.6 Å². The van der Waals surface area contributed by atoms with Gasteiger partial charge in [0.25, 0.3) is 5.91 Å². The second-order valence-electron chi connectivity index (χ2n) is 8.28. The van der Waals surface area contributed by atoms with Crippen LogP contribution in [0, 0.1) is 5.41 Å².